The number of hydrogen-bond donors (Lipinski definition) is 2. The molecule has 1 atom stereocenters. The first kappa shape index (κ1) is 21.1. The molecule has 0 aromatic heterocycles. The molecular weight excluding hydrogens is 306 g/mol. The van der Waals surface area contributed by atoms with Gasteiger partial charge in [0, 0.05) is 32.8 Å². The van der Waals surface area contributed by atoms with Crippen molar-refractivity contribution in [1.82, 2.24) is 10.2 Å². The van der Waals surface area contributed by atoms with E-state index in [4.69, 9.17) is 10.5 Å². The van der Waals surface area contributed by atoms with Crippen LogP contribution in [0.4, 0.5) is 0 Å². The maximum atomic E-state index is 12.1. The van der Waals surface area contributed by atoms with Gasteiger partial charge in [0.2, 0.25) is 11.8 Å². The summed E-state index contributed by atoms with van der Waals surface area (Å²) in [4.78, 5) is 25.7. The second kappa shape index (κ2) is 12.7. The van der Waals surface area contributed by atoms with Crippen LogP contribution >= 0.6 is 12.4 Å². The van der Waals surface area contributed by atoms with Crippen molar-refractivity contribution >= 4 is 24.2 Å². The van der Waals surface area contributed by atoms with E-state index in [1.807, 2.05) is 0 Å². The highest BCUT2D eigenvalue weighted by atomic mass is 35.5. The minimum atomic E-state index is -0.116. The smallest absolute Gasteiger partial charge is 0.248 e. The second-order valence-electron chi connectivity index (χ2n) is 5.52. The number of likely N-dealkylation sites (tertiary alicyclic amines) is 1. The van der Waals surface area contributed by atoms with Crippen LogP contribution in [0.15, 0.2) is 0 Å². The van der Waals surface area contributed by atoms with Gasteiger partial charge in [0.15, 0.2) is 0 Å². The lowest BCUT2D eigenvalue weighted by atomic mass is 9.97. The summed E-state index contributed by atoms with van der Waals surface area (Å²) in [6.07, 6.45) is 4.96. The number of nitrogens with one attached hydrogen (secondary N) is 1. The largest absolute Gasteiger partial charge is 0.372 e. The minimum Gasteiger partial charge on any atom is -0.372 e. The quantitative estimate of drug-likeness (QED) is 0.614. The molecule has 3 N–H and O–H groups in total. The van der Waals surface area contributed by atoms with Crippen LogP contribution in [0.25, 0.3) is 0 Å². The predicted octanol–water partition coefficient (Wildman–Crippen LogP) is 0.929. The lowest BCUT2D eigenvalue weighted by molar-refractivity contribution is -0.139. The molecule has 1 rings (SSSR count). The number of carbonyl (C=O) groups is 2. The Labute approximate surface area is 139 Å². The Morgan fingerprint density at radius 3 is 2.82 bits per heavy atom. The average molecular weight is 336 g/mol. The summed E-state index contributed by atoms with van der Waals surface area (Å²) in [5.74, 6) is -0.126. The molecule has 1 aliphatic rings. The number of ether oxygens (including phenoxy) is 1. The molecule has 22 heavy (non-hydrogen) atoms. The first-order valence-electron chi connectivity index (χ1n) is 8.02. The van der Waals surface area contributed by atoms with E-state index in [1.165, 1.54) is 0 Å². The van der Waals surface area contributed by atoms with Crippen LogP contribution in [0.3, 0.4) is 0 Å². The Kier molecular flexibility index (Phi) is 12.2. The number of nitrogens with two attached hydrogens (primary N) is 1. The maximum absolute atomic E-state index is 12.1. The number of amides is 2. The topological polar surface area (TPSA) is 84.7 Å². The van der Waals surface area contributed by atoms with E-state index in [9.17, 15) is 9.59 Å². The molecule has 0 aliphatic carbocycles. The molecule has 0 saturated carbocycles. The summed E-state index contributed by atoms with van der Waals surface area (Å²) < 4.78 is 5.40. The van der Waals surface area contributed by atoms with E-state index in [0.717, 1.165) is 38.6 Å². The molecule has 0 bridgehead atoms. The van der Waals surface area contributed by atoms with Gasteiger partial charge in [-0.2, -0.15) is 0 Å². The van der Waals surface area contributed by atoms with Gasteiger partial charge in [-0.15, -0.1) is 12.4 Å². The van der Waals surface area contributed by atoms with Crippen LogP contribution < -0.4 is 11.1 Å². The summed E-state index contributed by atoms with van der Waals surface area (Å²) in [5.41, 5.74) is 5.38. The van der Waals surface area contributed by atoms with E-state index in [-0.39, 0.29) is 36.7 Å². The molecule has 1 aliphatic heterocycles. The lowest BCUT2D eigenvalue weighted by Crippen LogP contribution is -2.47. The monoisotopic (exact) mass is 335 g/mol. The highest BCUT2D eigenvalue weighted by Gasteiger charge is 2.27. The summed E-state index contributed by atoms with van der Waals surface area (Å²) in [5, 5.41) is 2.79. The van der Waals surface area contributed by atoms with E-state index in [1.54, 1.807) is 4.90 Å². The van der Waals surface area contributed by atoms with Gasteiger partial charge in [0.25, 0.3) is 0 Å². The average Bonchev–Trinajstić information content (AvgIpc) is 2.52. The van der Waals surface area contributed by atoms with Gasteiger partial charge in [-0.05, 0) is 19.3 Å². The number of halogens is 1. The number of carbonyl (C=O) groups excluding carboxylic acids is 2. The van der Waals surface area contributed by atoms with Crippen LogP contribution in [0, 0.1) is 5.92 Å². The van der Waals surface area contributed by atoms with E-state index in [0.29, 0.717) is 26.2 Å². The van der Waals surface area contributed by atoms with Crippen molar-refractivity contribution in [3.63, 3.8) is 0 Å². The van der Waals surface area contributed by atoms with Gasteiger partial charge in [0.1, 0.15) is 6.61 Å². The molecular formula is C15H30ClN3O3. The first-order chi connectivity index (χ1) is 10.2. The maximum Gasteiger partial charge on any atom is 0.248 e. The van der Waals surface area contributed by atoms with Crippen LogP contribution in [0.5, 0.6) is 0 Å². The summed E-state index contributed by atoms with van der Waals surface area (Å²) in [6, 6.07) is 0. The molecule has 1 fully saturated rings. The highest BCUT2D eigenvalue weighted by Crippen LogP contribution is 2.16. The van der Waals surface area contributed by atoms with Crippen LogP contribution in [-0.2, 0) is 14.3 Å². The Morgan fingerprint density at radius 1 is 1.36 bits per heavy atom. The van der Waals surface area contributed by atoms with Gasteiger partial charge >= 0.3 is 0 Å². The van der Waals surface area contributed by atoms with Crippen molar-refractivity contribution in [2.75, 3.05) is 39.4 Å². The number of rotatable bonds is 9. The third-order valence-corrected chi connectivity index (χ3v) is 3.71. The van der Waals surface area contributed by atoms with Crippen LogP contribution in [-0.4, -0.2) is 56.1 Å². The highest BCUT2D eigenvalue weighted by molar-refractivity contribution is 5.85. The number of nitrogens with zero attached hydrogens (tertiary/aromatic N) is 1. The third-order valence-electron chi connectivity index (χ3n) is 3.71. The fraction of sp³-hybridized carbons (Fsp3) is 0.867. The third kappa shape index (κ3) is 7.96. The molecule has 1 unspecified atom stereocenters. The van der Waals surface area contributed by atoms with Crippen molar-refractivity contribution in [3.8, 4) is 0 Å². The van der Waals surface area contributed by atoms with Crippen molar-refractivity contribution in [1.29, 1.82) is 0 Å². The molecule has 1 heterocycles. The van der Waals surface area contributed by atoms with E-state index < -0.39 is 0 Å². The number of piperidine rings is 1. The molecule has 1 saturated heterocycles. The van der Waals surface area contributed by atoms with Crippen LogP contribution in [0.1, 0.15) is 39.0 Å². The van der Waals surface area contributed by atoms with Crippen molar-refractivity contribution < 1.29 is 14.3 Å². The Balaban J connectivity index is 0.00000441. The van der Waals surface area contributed by atoms with Gasteiger partial charge in [-0.1, -0.05) is 19.8 Å². The lowest BCUT2D eigenvalue weighted by Gasteiger charge is -2.32. The van der Waals surface area contributed by atoms with Gasteiger partial charge in [-0.25, -0.2) is 0 Å². The van der Waals surface area contributed by atoms with Gasteiger partial charge < -0.3 is 20.7 Å². The van der Waals surface area contributed by atoms with E-state index in [2.05, 4.69) is 12.2 Å². The van der Waals surface area contributed by atoms with Gasteiger partial charge in [-0.3, -0.25) is 9.59 Å². The fourth-order valence-corrected chi connectivity index (χ4v) is 2.46. The SMILES string of the molecule is CCCCCOCC(=O)N1CCCC(C(=O)NCCN)C1.Cl. The standard InChI is InChI=1S/C15H29N3O3.ClH/c1-2-3-4-10-21-12-14(19)18-9-5-6-13(11-18)15(20)17-8-7-16;/h13H,2-12,16H2,1H3,(H,17,20);1H. The van der Waals surface area contributed by atoms with Gasteiger partial charge in [0.05, 0.1) is 5.92 Å². The predicted molar refractivity (Wildman–Crippen MR) is 89.0 cm³/mol. The summed E-state index contributed by atoms with van der Waals surface area (Å²) >= 11 is 0. The fourth-order valence-electron chi connectivity index (χ4n) is 2.46. The molecule has 0 spiro atoms. The van der Waals surface area contributed by atoms with Crippen molar-refractivity contribution in [3.05, 3.63) is 0 Å². The normalized spacial score (nSPS) is 17.7. The van der Waals surface area contributed by atoms with E-state index >= 15 is 0 Å². The molecule has 6 nitrogen and oxygen atoms in total. The zero-order chi connectivity index (χ0) is 15.5. The second-order valence-corrected chi connectivity index (χ2v) is 5.52. The Morgan fingerprint density at radius 2 is 2.14 bits per heavy atom. The van der Waals surface area contributed by atoms with Crippen LogP contribution in [0.2, 0.25) is 0 Å². The molecule has 0 aromatic carbocycles. The molecule has 0 radical (unpaired) electrons. The van der Waals surface area contributed by atoms with Crippen molar-refractivity contribution in [2.24, 2.45) is 11.7 Å². The molecule has 7 heteroatoms. The first-order valence-corrected chi connectivity index (χ1v) is 8.02. The zero-order valence-corrected chi connectivity index (χ0v) is 14.3. The summed E-state index contributed by atoms with van der Waals surface area (Å²) in [7, 11) is 0. The van der Waals surface area contributed by atoms with Crippen molar-refractivity contribution in [2.45, 2.75) is 39.0 Å². The number of unbranched alkanes of at least 4 members (excludes halogenated alkanes) is 2. The molecule has 130 valence electrons. The molecule has 2 amide bonds. The number of hydrogen-bond acceptors (Lipinski definition) is 4. The Bertz CT molecular complexity index is 329. The Hall–Kier alpha value is -0.850. The summed E-state index contributed by atoms with van der Waals surface area (Å²) in [6.45, 7) is 5.03. The zero-order valence-electron chi connectivity index (χ0n) is 13.5. The molecule has 0 aromatic rings. The minimum absolute atomic E-state index is 0.